The van der Waals surface area contributed by atoms with Gasteiger partial charge < -0.3 is 9.47 Å². The molecule has 0 amide bonds. The van der Waals surface area contributed by atoms with Crippen LogP contribution < -0.4 is 9.47 Å². The lowest BCUT2D eigenvalue weighted by molar-refractivity contribution is 0.0511. The van der Waals surface area contributed by atoms with Gasteiger partial charge in [0.25, 0.3) is 0 Å². The van der Waals surface area contributed by atoms with Crippen LogP contribution in [-0.2, 0) is 6.42 Å². The third-order valence-electron chi connectivity index (χ3n) is 8.41. The first-order chi connectivity index (χ1) is 17.5. The molecule has 208 valence electrons. The van der Waals surface area contributed by atoms with Crippen LogP contribution in [0.1, 0.15) is 121 Å². The van der Waals surface area contributed by atoms with E-state index in [1.807, 2.05) is 0 Å². The van der Waals surface area contributed by atoms with Crippen LogP contribution in [0.15, 0.2) is 17.4 Å². The second kappa shape index (κ2) is 14.7. The molecule has 1 aliphatic rings. The molecule has 0 saturated heterocycles. The fourth-order valence-electron chi connectivity index (χ4n) is 5.72. The topological polar surface area (TPSA) is 67.2 Å². The molecule has 0 radical (unpaired) electrons. The summed E-state index contributed by atoms with van der Waals surface area (Å²) in [4.78, 5) is 2.79. The van der Waals surface area contributed by atoms with Crippen LogP contribution in [0.4, 0.5) is 0 Å². The lowest BCUT2D eigenvalue weighted by atomic mass is 9.83. The zero-order valence-electron chi connectivity index (χ0n) is 25.1. The molecule has 3 atom stereocenters. The molecule has 5 nitrogen and oxygen atoms in total. The first-order valence-electron chi connectivity index (χ1n) is 14.6. The number of rotatable bonds is 16. The quantitative estimate of drug-likeness (QED) is 0.126. The maximum absolute atomic E-state index is 8.61. The molecule has 0 fully saturated rings. The van der Waals surface area contributed by atoms with Crippen molar-refractivity contribution in [3.8, 4) is 11.5 Å². The summed E-state index contributed by atoms with van der Waals surface area (Å²) in [6.45, 7) is 22.1. The normalized spacial score (nSPS) is 18.5. The van der Waals surface area contributed by atoms with E-state index in [1.165, 1.54) is 56.9 Å². The Morgan fingerprint density at radius 1 is 0.973 bits per heavy atom. The van der Waals surface area contributed by atoms with Crippen molar-refractivity contribution in [1.29, 1.82) is 0 Å². The van der Waals surface area contributed by atoms with E-state index >= 15 is 0 Å². The molecule has 5 heteroatoms. The van der Waals surface area contributed by atoms with Crippen molar-refractivity contribution in [2.75, 3.05) is 6.61 Å². The number of hydrogen-bond donors (Lipinski definition) is 0. The molecule has 0 bridgehead atoms. The van der Waals surface area contributed by atoms with Crippen LogP contribution >= 0.6 is 0 Å². The molecule has 0 aliphatic carbocycles. The van der Waals surface area contributed by atoms with Gasteiger partial charge in [0.2, 0.25) is 0 Å². The fourth-order valence-corrected chi connectivity index (χ4v) is 5.72. The van der Waals surface area contributed by atoms with E-state index in [0.717, 1.165) is 65.2 Å². The Morgan fingerprint density at radius 3 is 2.16 bits per heavy atom. The van der Waals surface area contributed by atoms with Crippen LogP contribution in [0.5, 0.6) is 11.5 Å². The van der Waals surface area contributed by atoms with Crippen LogP contribution in [-0.4, -0.2) is 12.2 Å². The number of nitrogens with zero attached hydrogens (tertiary/aromatic N) is 3. The molecule has 0 N–H and O–H groups in total. The lowest BCUT2D eigenvalue weighted by Crippen LogP contribution is -2.37. The van der Waals surface area contributed by atoms with Crippen molar-refractivity contribution < 1.29 is 9.47 Å². The van der Waals surface area contributed by atoms with Gasteiger partial charge in [-0.2, -0.15) is 0 Å². The summed E-state index contributed by atoms with van der Waals surface area (Å²) in [5.41, 5.74) is 13.5. The fraction of sp³-hybridized carbons (Fsp3) is 0.750. The molecule has 0 spiro atoms. The van der Waals surface area contributed by atoms with Gasteiger partial charge in [0.15, 0.2) is 0 Å². The monoisotopic (exact) mass is 511 g/mol. The maximum atomic E-state index is 8.61. The highest BCUT2D eigenvalue weighted by molar-refractivity contribution is 5.59. The molecular weight excluding hydrogens is 458 g/mol. The highest BCUT2D eigenvalue weighted by atomic mass is 16.5. The van der Waals surface area contributed by atoms with E-state index in [2.05, 4.69) is 72.0 Å². The van der Waals surface area contributed by atoms with Crippen molar-refractivity contribution >= 4 is 0 Å². The minimum Gasteiger partial charge on any atom is -0.488 e. The van der Waals surface area contributed by atoms with Gasteiger partial charge in [-0.25, -0.2) is 0 Å². The zero-order chi connectivity index (χ0) is 27.6. The largest absolute Gasteiger partial charge is 0.488 e. The Balaban J connectivity index is 1.86. The summed E-state index contributed by atoms with van der Waals surface area (Å²) in [7, 11) is 0. The second-order valence-corrected chi connectivity index (χ2v) is 12.5. The molecule has 37 heavy (non-hydrogen) atoms. The minimum absolute atomic E-state index is 0.112. The first kappa shape index (κ1) is 31.1. The summed E-state index contributed by atoms with van der Waals surface area (Å²) < 4.78 is 12.8. The van der Waals surface area contributed by atoms with E-state index in [0.29, 0.717) is 5.70 Å². The summed E-state index contributed by atoms with van der Waals surface area (Å²) in [6.07, 6.45) is 13.9. The van der Waals surface area contributed by atoms with E-state index in [-0.39, 0.29) is 12.2 Å². The summed E-state index contributed by atoms with van der Waals surface area (Å²) in [5.74, 6) is 4.40. The van der Waals surface area contributed by atoms with Gasteiger partial charge in [0.05, 0.1) is 0 Å². The summed E-state index contributed by atoms with van der Waals surface area (Å²) in [5, 5.41) is 3.54. The van der Waals surface area contributed by atoms with Crippen molar-refractivity contribution in [3.05, 3.63) is 45.0 Å². The van der Waals surface area contributed by atoms with Crippen molar-refractivity contribution in [2.45, 2.75) is 132 Å². The molecule has 1 aromatic carbocycles. The number of fused-ring (bicyclic) bond motifs is 1. The SMILES string of the molecule is C=C(COc1c(C)c(C)c2c(c1C)CCC(C)(CCCC(C)CCCC(C)CCCC(C)C)O2)N=[N+]=[N-]. The molecule has 2 rings (SSSR count). The smallest absolute Gasteiger partial charge is 0.127 e. The third kappa shape index (κ3) is 9.60. The van der Waals surface area contributed by atoms with E-state index < -0.39 is 0 Å². The number of benzene rings is 1. The molecule has 3 unspecified atom stereocenters. The van der Waals surface area contributed by atoms with Gasteiger partial charge >= 0.3 is 0 Å². The van der Waals surface area contributed by atoms with Crippen molar-refractivity contribution in [1.82, 2.24) is 0 Å². The van der Waals surface area contributed by atoms with E-state index in [9.17, 15) is 0 Å². The minimum atomic E-state index is -0.112. The molecule has 0 saturated carbocycles. The van der Waals surface area contributed by atoms with Gasteiger partial charge in [-0.05, 0) is 93.4 Å². The molecule has 1 aliphatic heterocycles. The lowest BCUT2D eigenvalue weighted by Gasteiger charge is -2.38. The van der Waals surface area contributed by atoms with Crippen molar-refractivity contribution in [2.24, 2.45) is 22.9 Å². The molecule has 1 heterocycles. The van der Waals surface area contributed by atoms with E-state index in [4.69, 9.17) is 15.0 Å². The van der Waals surface area contributed by atoms with Gasteiger partial charge in [-0.1, -0.05) is 84.3 Å². The highest BCUT2D eigenvalue weighted by Gasteiger charge is 2.34. The Kier molecular flexibility index (Phi) is 12.4. The Hall–Kier alpha value is -2.13. The molecule has 1 aromatic rings. The molecule has 0 aromatic heterocycles. The van der Waals surface area contributed by atoms with Gasteiger partial charge in [0.1, 0.15) is 23.7 Å². The summed E-state index contributed by atoms with van der Waals surface area (Å²) >= 11 is 0. The Labute approximate surface area is 227 Å². The Bertz CT molecular complexity index is 948. The van der Waals surface area contributed by atoms with Crippen molar-refractivity contribution in [3.63, 3.8) is 0 Å². The van der Waals surface area contributed by atoms with Crippen LogP contribution in [0, 0.1) is 38.5 Å². The standard InChI is InChI=1S/C32H53N3O2/c1-22(2)13-10-14-23(3)15-11-16-24(4)17-12-19-32(9)20-18-29-28(8)30(36-21-25(5)34-35-33)26(6)27(7)31(29)37-32/h22-24H,5,10-21H2,1-4,6-9H3. The van der Waals surface area contributed by atoms with Gasteiger partial charge in [0, 0.05) is 16.2 Å². The highest BCUT2D eigenvalue weighted by Crippen LogP contribution is 2.45. The van der Waals surface area contributed by atoms with Crippen LogP contribution in [0.2, 0.25) is 0 Å². The predicted molar refractivity (Wildman–Crippen MR) is 157 cm³/mol. The number of azide groups is 1. The zero-order valence-corrected chi connectivity index (χ0v) is 25.1. The molecular formula is C32H53N3O2. The maximum Gasteiger partial charge on any atom is 0.127 e. The average molecular weight is 512 g/mol. The Morgan fingerprint density at radius 2 is 1.57 bits per heavy atom. The van der Waals surface area contributed by atoms with Crippen LogP contribution in [0.3, 0.4) is 0 Å². The third-order valence-corrected chi connectivity index (χ3v) is 8.41. The van der Waals surface area contributed by atoms with Crippen LogP contribution in [0.25, 0.3) is 10.4 Å². The van der Waals surface area contributed by atoms with Gasteiger partial charge in [-0.15, -0.1) is 0 Å². The predicted octanol–water partition coefficient (Wildman–Crippen LogP) is 10.3. The summed E-state index contributed by atoms with van der Waals surface area (Å²) in [6, 6.07) is 0. The van der Waals surface area contributed by atoms with E-state index in [1.54, 1.807) is 0 Å². The average Bonchev–Trinajstić information content (AvgIpc) is 2.82. The number of ether oxygens (including phenoxy) is 2. The second-order valence-electron chi connectivity index (χ2n) is 12.5. The first-order valence-corrected chi connectivity index (χ1v) is 14.6. The number of hydrogen-bond acceptors (Lipinski definition) is 3. The van der Waals surface area contributed by atoms with Gasteiger partial charge in [-0.3, -0.25) is 0 Å².